The Kier molecular flexibility index (Phi) is 3.18. The first kappa shape index (κ1) is 11.7. The molecule has 2 rings (SSSR count). The molecular formula is C14H17NO2. The lowest BCUT2D eigenvalue weighted by molar-refractivity contribution is -0.126. The van der Waals surface area contributed by atoms with Crippen LogP contribution in [0.15, 0.2) is 29.8 Å². The number of aromatic hydroxyl groups is 1. The standard InChI is InChI=1S/C14H17NO2/c1-10(2)7-14(17)15-6-5-11-3-4-13(16)8-12(11)9-15/h3-4,7-8,16H,5-6,9H2,1-2H3. The smallest absolute Gasteiger partial charge is 0.246 e. The molecule has 1 amide bonds. The van der Waals surface area contributed by atoms with E-state index < -0.39 is 0 Å². The van der Waals surface area contributed by atoms with Crippen molar-refractivity contribution in [1.82, 2.24) is 4.90 Å². The number of hydrogen-bond donors (Lipinski definition) is 1. The molecular weight excluding hydrogens is 214 g/mol. The van der Waals surface area contributed by atoms with Gasteiger partial charge >= 0.3 is 0 Å². The fraction of sp³-hybridized carbons (Fsp3) is 0.357. The number of fused-ring (bicyclic) bond motifs is 1. The zero-order valence-corrected chi connectivity index (χ0v) is 10.2. The maximum Gasteiger partial charge on any atom is 0.246 e. The van der Waals surface area contributed by atoms with Crippen LogP contribution in [0.4, 0.5) is 0 Å². The molecule has 0 radical (unpaired) electrons. The Morgan fingerprint density at radius 2 is 2.12 bits per heavy atom. The molecule has 1 aromatic carbocycles. The molecule has 0 fully saturated rings. The highest BCUT2D eigenvalue weighted by atomic mass is 16.3. The molecule has 3 nitrogen and oxygen atoms in total. The van der Waals surface area contributed by atoms with Crippen LogP contribution in [0.5, 0.6) is 5.75 Å². The van der Waals surface area contributed by atoms with E-state index in [9.17, 15) is 9.90 Å². The molecule has 17 heavy (non-hydrogen) atoms. The summed E-state index contributed by atoms with van der Waals surface area (Å²) in [6.45, 7) is 5.18. The van der Waals surface area contributed by atoms with Crippen LogP contribution >= 0.6 is 0 Å². The van der Waals surface area contributed by atoms with Gasteiger partial charge in [0.15, 0.2) is 0 Å². The van der Waals surface area contributed by atoms with Gasteiger partial charge in [-0.2, -0.15) is 0 Å². The Morgan fingerprint density at radius 3 is 2.82 bits per heavy atom. The van der Waals surface area contributed by atoms with Crippen molar-refractivity contribution in [3.8, 4) is 5.75 Å². The first-order chi connectivity index (χ1) is 8.06. The van der Waals surface area contributed by atoms with Gasteiger partial charge in [0.25, 0.3) is 0 Å². The van der Waals surface area contributed by atoms with Crippen LogP contribution in [0, 0.1) is 0 Å². The first-order valence-corrected chi connectivity index (χ1v) is 5.81. The minimum Gasteiger partial charge on any atom is -0.508 e. The van der Waals surface area contributed by atoms with E-state index in [0.29, 0.717) is 6.54 Å². The summed E-state index contributed by atoms with van der Waals surface area (Å²) in [5.41, 5.74) is 3.28. The van der Waals surface area contributed by atoms with Crippen LogP contribution < -0.4 is 0 Å². The van der Waals surface area contributed by atoms with E-state index in [1.54, 1.807) is 18.2 Å². The third-order valence-electron chi connectivity index (χ3n) is 2.93. The summed E-state index contributed by atoms with van der Waals surface area (Å²) in [5.74, 6) is 0.319. The monoisotopic (exact) mass is 231 g/mol. The van der Waals surface area contributed by atoms with Crippen LogP contribution in [0.2, 0.25) is 0 Å². The summed E-state index contributed by atoms with van der Waals surface area (Å²) in [6, 6.07) is 5.39. The Bertz CT molecular complexity index is 473. The molecule has 0 atom stereocenters. The molecule has 0 saturated heterocycles. The van der Waals surface area contributed by atoms with Crippen molar-refractivity contribution in [3.05, 3.63) is 41.0 Å². The van der Waals surface area contributed by atoms with E-state index >= 15 is 0 Å². The second kappa shape index (κ2) is 4.62. The number of carbonyl (C=O) groups is 1. The van der Waals surface area contributed by atoms with Gasteiger partial charge in [0.2, 0.25) is 5.91 Å². The molecule has 3 heteroatoms. The number of benzene rings is 1. The topological polar surface area (TPSA) is 40.5 Å². The lowest BCUT2D eigenvalue weighted by Crippen LogP contribution is -2.34. The van der Waals surface area contributed by atoms with Crippen molar-refractivity contribution in [1.29, 1.82) is 0 Å². The second-order valence-electron chi connectivity index (χ2n) is 4.68. The fourth-order valence-corrected chi connectivity index (χ4v) is 2.07. The summed E-state index contributed by atoms with van der Waals surface area (Å²) in [5, 5.41) is 9.44. The number of allylic oxidation sites excluding steroid dienone is 1. The number of carbonyl (C=O) groups excluding carboxylic acids is 1. The van der Waals surface area contributed by atoms with Gasteiger partial charge < -0.3 is 10.0 Å². The summed E-state index contributed by atoms with van der Waals surface area (Å²) in [7, 11) is 0. The molecule has 1 aromatic rings. The largest absolute Gasteiger partial charge is 0.508 e. The van der Waals surface area contributed by atoms with Gasteiger partial charge in [-0.3, -0.25) is 4.79 Å². The van der Waals surface area contributed by atoms with E-state index in [4.69, 9.17) is 0 Å². The minimum absolute atomic E-state index is 0.0546. The van der Waals surface area contributed by atoms with E-state index in [2.05, 4.69) is 0 Å². The van der Waals surface area contributed by atoms with Gasteiger partial charge in [-0.25, -0.2) is 0 Å². The highest BCUT2D eigenvalue weighted by Gasteiger charge is 2.19. The Hall–Kier alpha value is -1.77. The van der Waals surface area contributed by atoms with E-state index in [-0.39, 0.29) is 11.7 Å². The molecule has 0 aliphatic carbocycles. The molecule has 0 aromatic heterocycles. The molecule has 0 spiro atoms. The van der Waals surface area contributed by atoms with Gasteiger partial charge in [-0.15, -0.1) is 0 Å². The van der Waals surface area contributed by atoms with Crippen LogP contribution in [-0.2, 0) is 17.8 Å². The average Bonchev–Trinajstić information content (AvgIpc) is 2.27. The van der Waals surface area contributed by atoms with Gasteiger partial charge in [0, 0.05) is 19.2 Å². The Balaban J connectivity index is 2.18. The van der Waals surface area contributed by atoms with Crippen LogP contribution in [0.3, 0.4) is 0 Å². The molecule has 1 aliphatic heterocycles. The van der Waals surface area contributed by atoms with Crippen molar-refractivity contribution in [3.63, 3.8) is 0 Å². The predicted octanol–water partition coefficient (Wildman–Crippen LogP) is 2.24. The predicted molar refractivity (Wildman–Crippen MR) is 66.7 cm³/mol. The van der Waals surface area contributed by atoms with Crippen LogP contribution in [0.1, 0.15) is 25.0 Å². The fourth-order valence-electron chi connectivity index (χ4n) is 2.07. The lowest BCUT2D eigenvalue weighted by Gasteiger charge is -2.28. The number of amides is 1. The molecule has 1 aliphatic rings. The van der Waals surface area contributed by atoms with Crippen molar-refractivity contribution in [2.24, 2.45) is 0 Å². The highest BCUT2D eigenvalue weighted by molar-refractivity contribution is 5.88. The average molecular weight is 231 g/mol. The number of nitrogens with zero attached hydrogens (tertiary/aromatic N) is 1. The number of phenolic OH excluding ortho intramolecular Hbond substituents is 1. The Labute approximate surface area is 101 Å². The third-order valence-corrected chi connectivity index (χ3v) is 2.93. The van der Waals surface area contributed by atoms with E-state index in [1.165, 1.54) is 5.56 Å². The van der Waals surface area contributed by atoms with Crippen molar-refractivity contribution < 1.29 is 9.90 Å². The summed E-state index contributed by atoms with van der Waals surface area (Å²) < 4.78 is 0. The maximum atomic E-state index is 11.9. The van der Waals surface area contributed by atoms with E-state index in [1.807, 2.05) is 24.8 Å². The molecule has 0 bridgehead atoms. The normalized spacial score (nSPS) is 14.1. The summed E-state index contributed by atoms with van der Waals surface area (Å²) in [4.78, 5) is 13.7. The third kappa shape index (κ3) is 2.67. The van der Waals surface area contributed by atoms with Gasteiger partial charge in [-0.05, 0) is 43.5 Å². The van der Waals surface area contributed by atoms with Crippen LogP contribution in [0.25, 0.3) is 0 Å². The second-order valence-corrected chi connectivity index (χ2v) is 4.68. The van der Waals surface area contributed by atoms with Crippen molar-refractivity contribution >= 4 is 5.91 Å². The molecule has 0 saturated carbocycles. The first-order valence-electron chi connectivity index (χ1n) is 5.81. The van der Waals surface area contributed by atoms with E-state index in [0.717, 1.165) is 24.1 Å². The quantitative estimate of drug-likeness (QED) is 0.753. The number of hydrogen-bond acceptors (Lipinski definition) is 2. The molecule has 0 unspecified atom stereocenters. The van der Waals surface area contributed by atoms with Crippen LogP contribution in [-0.4, -0.2) is 22.5 Å². The number of rotatable bonds is 1. The molecule has 1 N–H and O–H groups in total. The lowest BCUT2D eigenvalue weighted by atomic mass is 9.99. The zero-order chi connectivity index (χ0) is 12.4. The Morgan fingerprint density at radius 1 is 1.35 bits per heavy atom. The SMILES string of the molecule is CC(C)=CC(=O)N1CCc2ccc(O)cc2C1. The zero-order valence-electron chi connectivity index (χ0n) is 10.2. The molecule has 90 valence electrons. The van der Waals surface area contributed by atoms with Gasteiger partial charge in [-0.1, -0.05) is 11.6 Å². The summed E-state index contributed by atoms with van der Waals surface area (Å²) >= 11 is 0. The summed E-state index contributed by atoms with van der Waals surface area (Å²) in [6.07, 6.45) is 2.52. The van der Waals surface area contributed by atoms with Gasteiger partial charge in [0.05, 0.1) is 0 Å². The number of phenols is 1. The van der Waals surface area contributed by atoms with Gasteiger partial charge in [0.1, 0.15) is 5.75 Å². The minimum atomic E-state index is 0.0546. The van der Waals surface area contributed by atoms with Crippen molar-refractivity contribution in [2.75, 3.05) is 6.54 Å². The molecule has 1 heterocycles. The maximum absolute atomic E-state index is 11.9. The highest BCUT2D eigenvalue weighted by Crippen LogP contribution is 2.23. The van der Waals surface area contributed by atoms with Crippen molar-refractivity contribution in [2.45, 2.75) is 26.8 Å².